The third-order valence-corrected chi connectivity index (χ3v) is 4.57. The van der Waals surface area contributed by atoms with Gasteiger partial charge in [-0.25, -0.2) is 8.78 Å². The molecule has 114 valence electrons. The van der Waals surface area contributed by atoms with Crippen molar-refractivity contribution in [2.75, 3.05) is 7.05 Å². The smallest absolute Gasteiger partial charge is 0.143 e. The minimum Gasteiger partial charge on any atom is -0.316 e. The summed E-state index contributed by atoms with van der Waals surface area (Å²) in [5, 5.41) is 3.24. The fourth-order valence-corrected chi connectivity index (χ4v) is 3.01. The third-order valence-electron chi connectivity index (χ3n) is 3.96. The zero-order valence-corrected chi connectivity index (χ0v) is 14.1. The molecule has 0 aromatic heterocycles. The van der Waals surface area contributed by atoms with Gasteiger partial charge in [0.1, 0.15) is 11.6 Å². The minimum atomic E-state index is -0.476. The van der Waals surface area contributed by atoms with Crippen LogP contribution in [0.3, 0.4) is 0 Å². The molecule has 1 aromatic rings. The largest absolute Gasteiger partial charge is 0.316 e. The number of hydrogen-bond acceptors (Lipinski definition) is 1. The monoisotopic (exact) mass is 347 g/mol. The summed E-state index contributed by atoms with van der Waals surface area (Å²) in [7, 11) is 1.87. The second kappa shape index (κ2) is 8.73. The molecule has 2 atom stereocenters. The predicted octanol–water partition coefficient (Wildman–Crippen LogP) is 5.07. The molecule has 0 heterocycles. The number of rotatable bonds is 8. The van der Waals surface area contributed by atoms with Gasteiger partial charge in [0.15, 0.2) is 0 Å². The normalized spacial score (nSPS) is 14.3. The molecule has 1 nitrogen and oxygen atoms in total. The van der Waals surface area contributed by atoms with Crippen molar-refractivity contribution < 1.29 is 8.78 Å². The van der Waals surface area contributed by atoms with Crippen molar-refractivity contribution in [3.63, 3.8) is 0 Å². The number of unbranched alkanes of at least 4 members (excludes halogenated alkanes) is 1. The second-order valence-corrected chi connectivity index (χ2v) is 6.09. The number of halogens is 3. The van der Waals surface area contributed by atoms with Crippen LogP contribution >= 0.6 is 15.9 Å². The van der Waals surface area contributed by atoms with Crippen molar-refractivity contribution in [1.29, 1.82) is 0 Å². The Bertz CT molecular complexity index is 423. The van der Waals surface area contributed by atoms with Crippen molar-refractivity contribution in [3.8, 4) is 0 Å². The summed E-state index contributed by atoms with van der Waals surface area (Å²) in [6, 6.07) is 2.84. The van der Waals surface area contributed by atoms with E-state index < -0.39 is 11.6 Å². The first-order chi connectivity index (χ1) is 9.54. The van der Waals surface area contributed by atoms with Crippen molar-refractivity contribution in [1.82, 2.24) is 5.32 Å². The first-order valence-electron chi connectivity index (χ1n) is 7.34. The molecule has 0 aliphatic carbocycles. The van der Waals surface area contributed by atoms with E-state index >= 15 is 0 Å². The van der Waals surface area contributed by atoms with E-state index in [0.717, 1.165) is 25.7 Å². The fraction of sp³-hybridized carbons (Fsp3) is 0.625. The first-order valence-corrected chi connectivity index (χ1v) is 8.14. The van der Waals surface area contributed by atoms with Crippen LogP contribution in [-0.2, 0) is 6.42 Å². The molecule has 0 bridgehead atoms. The Morgan fingerprint density at radius 1 is 1.25 bits per heavy atom. The summed E-state index contributed by atoms with van der Waals surface area (Å²) >= 11 is 3.13. The molecule has 0 spiro atoms. The van der Waals surface area contributed by atoms with Crippen molar-refractivity contribution >= 4 is 15.9 Å². The summed E-state index contributed by atoms with van der Waals surface area (Å²) in [5.74, 6) is -0.496. The van der Waals surface area contributed by atoms with E-state index in [1.807, 2.05) is 7.05 Å². The van der Waals surface area contributed by atoms with E-state index in [-0.39, 0.29) is 11.6 Å². The van der Waals surface area contributed by atoms with Gasteiger partial charge in [0, 0.05) is 11.6 Å². The van der Waals surface area contributed by atoms with Gasteiger partial charge in [-0.05, 0) is 53.9 Å². The zero-order valence-electron chi connectivity index (χ0n) is 12.5. The highest BCUT2D eigenvalue weighted by atomic mass is 79.9. The molecule has 0 aliphatic heterocycles. The van der Waals surface area contributed by atoms with Gasteiger partial charge in [-0.3, -0.25) is 0 Å². The van der Waals surface area contributed by atoms with Crippen LogP contribution in [-0.4, -0.2) is 13.1 Å². The molecule has 1 aromatic carbocycles. The van der Waals surface area contributed by atoms with Crippen LogP contribution < -0.4 is 5.32 Å². The van der Waals surface area contributed by atoms with Gasteiger partial charge in [-0.2, -0.15) is 0 Å². The molecule has 4 heteroatoms. The number of hydrogen-bond donors (Lipinski definition) is 1. The Labute approximate surface area is 129 Å². The maximum absolute atomic E-state index is 14.1. The Kier molecular flexibility index (Phi) is 7.67. The lowest BCUT2D eigenvalue weighted by molar-refractivity contribution is 0.324. The average molecular weight is 348 g/mol. The standard InChI is InChI=1S/C16H24BrF2N/c1-4-6-7-11(5-2)15(20-3)10-12-14(18)9-8-13(17)16(12)19/h8-9,11,15,20H,4-7,10H2,1-3H3. The highest BCUT2D eigenvalue weighted by molar-refractivity contribution is 9.10. The highest BCUT2D eigenvalue weighted by Crippen LogP contribution is 2.26. The maximum atomic E-state index is 14.1. The Balaban J connectivity index is 2.90. The number of benzene rings is 1. The molecule has 0 radical (unpaired) electrons. The van der Waals surface area contributed by atoms with E-state index in [4.69, 9.17) is 0 Å². The van der Waals surface area contributed by atoms with E-state index in [1.54, 1.807) is 0 Å². The molecular formula is C16H24BrF2N. The van der Waals surface area contributed by atoms with Gasteiger partial charge >= 0.3 is 0 Å². The molecule has 1 rings (SSSR count). The summed E-state index contributed by atoms with van der Waals surface area (Å²) < 4.78 is 28.2. The lowest BCUT2D eigenvalue weighted by Crippen LogP contribution is -2.36. The molecular weight excluding hydrogens is 324 g/mol. The van der Waals surface area contributed by atoms with Gasteiger partial charge in [0.2, 0.25) is 0 Å². The maximum Gasteiger partial charge on any atom is 0.143 e. The van der Waals surface area contributed by atoms with Gasteiger partial charge in [-0.1, -0.05) is 33.1 Å². The van der Waals surface area contributed by atoms with Crippen LogP contribution in [0.25, 0.3) is 0 Å². The lowest BCUT2D eigenvalue weighted by Gasteiger charge is -2.26. The SMILES string of the molecule is CCCCC(CC)C(Cc1c(F)ccc(Br)c1F)NC. The Hall–Kier alpha value is -0.480. The zero-order chi connectivity index (χ0) is 15.1. The average Bonchev–Trinajstić information content (AvgIpc) is 2.45. The highest BCUT2D eigenvalue weighted by Gasteiger charge is 2.22. The van der Waals surface area contributed by atoms with Crippen LogP contribution in [0.15, 0.2) is 16.6 Å². The number of likely N-dealkylation sites (N-methyl/N-ethyl adjacent to an activating group) is 1. The van der Waals surface area contributed by atoms with E-state index in [9.17, 15) is 8.78 Å². The van der Waals surface area contributed by atoms with Crippen LogP contribution in [0.5, 0.6) is 0 Å². The van der Waals surface area contributed by atoms with Crippen molar-refractivity contribution in [2.24, 2.45) is 5.92 Å². The molecule has 2 unspecified atom stereocenters. The molecule has 0 saturated carbocycles. The molecule has 0 amide bonds. The number of nitrogens with one attached hydrogen (secondary N) is 1. The van der Waals surface area contributed by atoms with Crippen LogP contribution in [0.2, 0.25) is 0 Å². The van der Waals surface area contributed by atoms with E-state index in [1.165, 1.54) is 12.1 Å². The molecule has 0 aliphatic rings. The summed E-state index contributed by atoms with van der Waals surface area (Å²) in [4.78, 5) is 0. The first kappa shape index (κ1) is 17.6. The van der Waals surface area contributed by atoms with E-state index in [0.29, 0.717) is 16.8 Å². The quantitative estimate of drug-likeness (QED) is 0.647. The predicted molar refractivity (Wildman–Crippen MR) is 83.9 cm³/mol. The van der Waals surface area contributed by atoms with Gasteiger partial charge in [0.25, 0.3) is 0 Å². The molecule has 0 fully saturated rings. The van der Waals surface area contributed by atoms with Crippen molar-refractivity contribution in [3.05, 3.63) is 33.8 Å². The van der Waals surface area contributed by atoms with Crippen LogP contribution in [0.4, 0.5) is 8.78 Å². The van der Waals surface area contributed by atoms with Gasteiger partial charge in [0.05, 0.1) is 4.47 Å². The second-order valence-electron chi connectivity index (χ2n) is 5.23. The minimum absolute atomic E-state index is 0.102. The van der Waals surface area contributed by atoms with E-state index in [2.05, 4.69) is 35.1 Å². The summed E-state index contributed by atoms with van der Waals surface area (Å²) in [6.07, 6.45) is 4.79. The third kappa shape index (κ3) is 4.52. The topological polar surface area (TPSA) is 12.0 Å². The van der Waals surface area contributed by atoms with Crippen LogP contribution in [0, 0.1) is 17.6 Å². The summed E-state index contributed by atoms with van der Waals surface area (Å²) in [5.41, 5.74) is 0.175. The molecule has 1 N–H and O–H groups in total. The Morgan fingerprint density at radius 3 is 2.50 bits per heavy atom. The van der Waals surface area contributed by atoms with Gasteiger partial charge in [-0.15, -0.1) is 0 Å². The lowest BCUT2D eigenvalue weighted by atomic mass is 9.87. The van der Waals surface area contributed by atoms with Crippen LogP contribution in [0.1, 0.15) is 45.1 Å². The Morgan fingerprint density at radius 2 is 1.95 bits per heavy atom. The van der Waals surface area contributed by atoms with Gasteiger partial charge < -0.3 is 5.32 Å². The fourth-order valence-electron chi connectivity index (χ4n) is 2.64. The van der Waals surface area contributed by atoms with Crippen molar-refractivity contribution in [2.45, 2.75) is 52.0 Å². The summed E-state index contributed by atoms with van der Waals surface area (Å²) in [6.45, 7) is 4.30. The molecule has 0 saturated heterocycles. The molecule has 20 heavy (non-hydrogen) atoms.